The molecule has 3 rings (SSSR count). The van der Waals surface area contributed by atoms with Crippen molar-refractivity contribution >= 4 is 23.1 Å². The average molecular weight is 385 g/mol. The van der Waals surface area contributed by atoms with E-state index in [1.807, 2.05) is 33.8 Å². The van der Waals surface area contributed by atoms with Crippen LogP contribution in [-0.2, 0) is 5.41 Å². The predicted molar refractivity (Wildman–Crippen MR) is 107 cm³/mol. The van der Waals surface area contributed by atoms with Crippen LogP contribution in [0.15, 0.2) is 12.1 Å². The molecule has 0 aliphatic carbocycles. The minimum atomic E-state index is -0.203. The molecule has 0 saturated carbocycles. The average Bonchev–Trinajstić information content (AvgIpc) is 3.09. The molecule has 0 fully saturated rings. The van der Waals surface area contributed by atoms with Crippen molar-refractivity contribution in [3.8, 4) is 5.95 Å². The van der Waals surface area contributed by atoms with Gasteiger partial charge >= 0.3 is 0 Å². The van der Waals surface area contributed by atoms with E-state index in [4.69, 9.17) is 0 Å². The van der Waals surface area contributed by atoms with Gasteiger partial charge in [-0.2, -0.15) is 9.78 Å². The third kappa shape index (κ3) is 4.05. The van der Waals surface area contributed by atoms with Crippen molar-refractivity contribution in [3.63, 3.8) is 0 Å². The number of thiazole rings is 1. The Kier molecular flexibility index (Phi) is 4.86. The van der Waals surface area contributed by atoms with Crippen molar-refractivity contribution in [2.24, 2.45) is 0 Å². The highest BCUT2D eigenvalue weighted by Gasteiger charge is 2.24. The molecule has 0 radical (unpaired) electrons. The fraction of sp³-hybridized carbons (Fsp3) is 0.421. The van der Waals surface area contributed by atoms with Crippen LogP contribution >= 0.6 is 11.3 Å². The SMILES string of the molecule is Cc1cc(C)nc(-n2nc(C)cc2NC(=O)c2sc(C(C)(C)C)nc2C)n1. The lowest BCUT2D eigenvalue weighted by Crippen LogP contribution is -2.16. The molecule has 0 unspecified atom stereocenters. The molecule has 142 valence electrons. The van der Waals surface area contributed by atoms with Crippen LogP contribution in [-0.4, -0.2) is 30.6 Å². The summed E-state index contributed by atoms with van der Waals surface area (Å²) >= 11 is 1.42. The van der Waals surface area contributed by atoms with E-state index in [1.54, 1.807) is 10.7 Å². The van der Waals surface area contributed by atoms with Gasteiger partial charge < -0.3 is 5.32 Å². The van der Waals surface area contributed by atoms with Crippen LogP contribution in [0.5, 0.6) is 0 Å². The van der Waals surface area contributed by atoms with Crippen molar-refractivity contribution in [1.82, 2.24) is 24.7 Å². The number of anilines is 1. The number of carbonyl (C=O) groups is 1. The van der Waals surface area contributed by atoms with Crippen LogP contribution < -0.4 is 5.32 Å². The zero-order valence-electron chi connectivity index (χ0n) is 16.7. The summed E-state index contributed by atoms with van der Waals surface area (Å²) in [6.45, 7) is 13.8. The van der Waals surface area contributed by atoms with Crippen molar-refractivity contribution in [1.29, 1.82) is 0 Å². The smallest absolute Gasteiger partial charge is 0.268 e. The summed E-state index contributed by atoms with van der Waals surface area (Å²) in [5.41, 5.74) is 3.09. The summed E-state index contributed by atoms with van der Waals surface area (Å²) < 4.78 is 1.56. The first-order valence-corrected chi connectivity index (χ1v) is 9.55. The van der Waals surface area contributed by atoms with Crippen molar-refractivity contribution in [2.75, 3.05) is 5.32 Å². The first kappa shape index (κ1) is 19.2. The van der Waals surface area contributed by atoms with Gasteiger partial charge in [-0.05, 0) is 33.8 Å². The van der Waals surface area contributed by atoms with E-state index in [0.717, 1.165) is 27.8 Å². The van der Waals surface area contributed by atoms with Crippen LogP contribution in [0.3, 0.4) is 0 Å². The van der Waals surface area contributed by atoms with E-state index in [9.17, 15) is 4.79 Å². The Bertz CT molecular complexity index is 992. The fourth-order valence-corrected chi connectivity index (χ4v) is 3.66. The Morgan fingerprint density at radius 1 is 1.00 bits per heavy atom. The maximum atomic E-state index is 12.9. The molecule has 27 heavy (non-hydrogen) atoms. The minimum Gasteiger partial charge on any atom is -0.306 e. The molecule has 8 heteroatoms. The quantitative estimate of drug-likeness (QED) is 0.740. The van der Waals surface area contributed by atoms with Gasteiger partial charge in [0.25, 0.3) is 11.9 Å². The molecule has 0 atom stereocenters. The summed E-state index contributed by atoms with van der Waals surface area (Å²) in [7, 11) is 0. The van der Waals surface area contributed by atoms with Gasteiger partial charge in [-0.3, -0.25) is 4.79 Å². The second-order valence-electron chi connectivity index (χ2n) is 7.67. The predicted octanol–water partition coefficient (Wildman–Crippen LogP) is 3.90. The lowest BCUT2D eigenvalue weighted by Gasteiger charge is -2.13. The van der Waals surface area contributed by atoms with Crippen molar-refractivity contribution in [3.05, 3.63) is 44.8 Å². The van der Waals surface area contributed by atoms with Crippen molar-refractivity contribution in [2.45, 2.75) is 53.9 Å². The molecule has 1 N–H and O–H groups in total. The van der Waals surface area contributed by atoms with E-state index in [0.29, 0.717) is 16.6 Å². The van der Waals surface area contributed by atoms with Crippen LogP contribution in [0.1, 0.15) is 58.2 Å². The summed E-state index contributed by atoms with van der Waals surface area (Å²) in [6, 6.07) is 3.70. The van der Waals surface area contributed by atoms with Gasteiger partial charge in [0.15, 0.2) is 0 Å². The number of hydrogen-bond acceptors (Lipinski definition) is 6. The van der Waals surface area contributed by atoms with E-state index < -0.39 is 0 Å². The van der Waals surface area contributed by atoms with Gasteiger partial charge in [-0.15, -0.1) is 11.3 Å². The Labute approximate surface area is 162 Å². The molecular weight excluding hydrogens is 360 g/mol. The fourth-order valence-electron chi connectivity index (χ4n) is 2.64. The molecule has 7 nitrogen and oxygen atoms in total. The molecular formula is C19H24N6OS. The van der Waals surface area contributed by atoms with Gasteiger partial charge in [0.2, 0.25) is 0 Å². The molecule has 0 saturated heterocycles. The van der Waals surface area contributed by atoms with Gasteiger partial charge in [-0.1, -0.05) is 20.8 Å². The van der Waals surface area contributed by atoms with E-state index in [1.165, 1.54) is 11.3 Å². The highest BCUT2D eigenvalue weighted by molar-refractivity contribution is 7.14. The Morgan fingerprint density at radius 3 is 2.19 bits per heavy atom. The number of amides is 1. The maximum absolute atomic E-state index is 12.9. The zero-order chi connectivity index (χ0) is 19.9. The second-order valence-corrected chi connectivity index (χ2v) is 8.67. The molecule has 0 aromatic carbocycles. The van der Waals surface area contributed by atoms with E-state index in [2.05, 4.69) is 46.1 Å². The number of aromatic nitrogens is 5. The van der Waals surface area contributed by atoms with Gasteiger partial charge in [0, 0.05) is 22.9 Å². The third-order valence-electron chi connectivity index (χ3n) is 3.88. The molecule has 3 heterocycles. The molecule has 3 aromatic rings. The number of rotatable bonds is 3. The molecule has 0 aliphatic heterocycles. The largest absolute Gasteiger partial charge is 0.306 e. The topological polar surface area (TPSA) is 85.6 Å². The highest BCUT2D eigenvalue weighted by atomic mass is 32.1. The second kappa shape index (κ2) is 6.84. The van der Waals surface area contributed by atoms with Crippen LogP contribution in [0.25, 0.3) is 5.95 Å². The van der Waals surface area contributed by atoms with Crippen LogP contribution in [0.2, 0.25) is 0 Å². The van der Waals surface area contributed by atoms with Crippen LogP contribution in [0.4, 0.5) is 5.82 Å². The number of hydrogen-bond donors (Lipinski definition) is 1. The molecule has 1 amide bonds. The number of nitrogens with zero attached hydrogens (tertiary/aromatic N) is 5. The first-order chi connectivity index (χ1) is 12.5. The van der Waals surface area contributed by atoms with Crippen LogP contribution in [0, 0.1) is 27.7 Å². The van der Waals surface area contributed by atoms with Gasteiger partial charge in [0.05, 0.1) is 16.4 Å². The normalized spacial score (nSPS) is 11.7. The minimum absolute atomic E-state index is 0.0980. The Morgan fingerprint density at radius 2 is 1.63 bits per heavy atom. The lowest BCUT2D eigenvalue weighted by molar-refractivity contribution is 0.102. The molecule has 0 bridgehead atoms. The summed E-state index contributed by atoms with van der Waals surface area (Å²) in [5.74, 6) is 0.769. The zero-order valence-corrected chi connectivity index (χ0v) is 17.5. The lowest BCUT2D eigenvalue weighted by atomic mass is 9.98. The number of aryl methyl sites for hydroxylation is 4. The van der Waals surface area contributed by atoms with E-state index >= 15 is 0 Å². The summed E-state index contributed by atoms with van der Waals surface area (Å²) in [6.07, 6.45) is 0. The molecule has 3 aromatic heterocycles. The molecule has 0 aliphatic rings. The Hall–Kier alpha value is -2.61. The highest BCUT2D eigenvalue weighted by Crippen LogP contribution is 2.29. The first-order valence-electron chi connectivity index (χ1n) is 8.73. The standard InChI is InChI=1S/C19H24N6OS/c1-10-8-11(2)21-18(20-10)25-14(9-12(3)24-25)23-16(26)15-13(4)22-17(27-15)19(5,6)7/h8-9H,1-7H3,(H,23,26). The van der Waals surface area contributed by atoms with Gasteiger partial charge in [-0.25, -0.2) is 15.0 Å². The van der Waals surface area contributed by atoms with E-state index in [-0.39, 0.29) is 11.3 Å². The molecule has 0 spiro atoms. The summed E-state index contributed by atoms with van der Waals surface area (Å²) in [4.78, 5) is 26.9. The third-order valence-corrected chi connectivity index (χ3v) is 5.46. The number of carbonyl (C=O) groups excluding carboxylic acids is 1. The van der Waals surface area contributed by atoms with Crippen molar-refractivity contribution < 1.29 is 4.79 Å². The maximum Gasteiger partial charge on any atom is 0.268 e. The monoisotopic (exact) mass is 384 g/mol. The number of nitrogens with one attached hydrogen (secondary N) is 1. The summed E-state index contributed by atoms with van der Waals surface area (Å²) in [5, 5.41) is 8.32. The Balaban J connectivity index is 1.95. The van der Waals surface area contributed by atoms with Gasteiger partial charge in [0.1, 0.15) is 10.7 Å².